The first-order valence-electron chi connectivity index (χ1n) is 8.47. The molecule has 152 valence electrons. The molecular weight excluding hydrogens is 436 g/mol. The molecule has 0 amide bonds. The molecule has 2 aromatic carbocycles. The third kappa shape index (κ3) is 4.89. The smallest absolute Gasteiger partial charge is 0.335 e. The number of halogens is 1. The van der Waals surface area contributed by atoms with Crippen LogP contribution < -0.4 is 4.72 Å². The maximum atomic E-state index is 12.6. The Morgan fingerprint density at radius 2 is 1.86 bits per heavy atom. The fraction of sp³-hybridized carbons (Fsp3) is 0.167. The van der Waals surface area contributed by atoms with E-state index < -0.39 is 16.0 Å². The normalized spacial score (nSPS) is 11.4. The lowest BCUT2D eigenvalue weighted by atomic mass is 10.2. The first-order chi connectivity index (χ1) is 13.8. The average molecular weight is 453 g/mol. The molecule has 0 aliphatic rings. The summed E-state index contributed by atoms with van der Waals surface area (Å²) in [5.41, 5.74) is 0.935. The molecule has 3 aromatic rings. The van der Waals surface area contributed by atoms with Gasteiger partial charge in [-0.25, -0.2) is 17.9 Å². The van der Waals surface area contributed by atoms with E-state index in [1.807, 2.05) is 25.1 Å². The fourth-order valence-corrected chi connectivity index (χ4v) is 4.76. The van der Waals surface area contributed by atoms with Crippen molar-refractivity contribution in [2.24, 2.45) is 0 Å². The summed E-state index contributed by atoms with van der Waals surface area (Å²) in [5.74, 6) is -0.495. The van der Waals surface area contributed by atoms with Crippen molar-refractivity contribution in [1.82, 2.24) is 14.8 Å². The highest BCUT2D eigenvalue weighted by Gasteiger charge is 2.20. The number of rotatable bonds is 8. The Morgan fingerprint density at radius 1 is 1.17 bits per heavy atom. The van der Waals surface area contributed by atoms with Crippen molar-refractivity contribution < 1.29 is 18.3 Å². The van der Waals surface area contributed by atoms with Gasteiger partial charge in [0.1, 0.15) is 0 Å². The zero-order valence-electron chi connectivity index (χ0n) is 15.2. The van der Waals surface area contributed by atoms with Gasteiger partial charge in [-0.05, 0) is 42.8 Å². The van der Waals surface area contributed by atoms with Crippen LogP contribution in [-0.2, 0) is 22.3 Å². The summed E-state index contributed by atoms with van der Waals surface area (Å²) in [4.78, 5) is 10.9. The molecular formula is C18H17ClN4O4S2. The van der Waals surface area contributed by atoms with Gasteiger partial charge in [0.25, 0.3) is 10.0 Å². The van der Waals surface area contributed by atoms with Gasteiger partial charge in [0.15, 0.2) is 5.16 Å². The number of sulfonamides is 1. The van der Waals surface area contributed by atoms with Crippen molar-refractivity contribution in [1.29, 1.82) is 0 Å². The van der Waals surface area contributed by atoms with Gasteiger partial charge in [-0.3, -0.25) is 4.57 Å². The van der Waals surface area contributed by atoms with E-state index in [1.165, 1.54) is 36.0 Å². The van der Waals surface area contributed by atoms with Gasteiger partial charge >= 0.3 is 5.97 Å². The lowest BCUT2D eigenvalue weighted by Gasteiger charge is -2.10. The summed E-state index contributed by atoms with van der Waals surface area (Å²) in [5, 5.41) is 18.2. The average Bonchev–Trinajstić information content (AvgIpc) is 3.08. The monoisotopic (exact) mass is 452 g/mol. The highest BCUT2D eigenvalue weighted by molar-refractivity contribution is 7.98. The molecule has 0 spiro atoms. The molecule has 0 fully saturated rings. The SMILES string of the molecule is CCn1c(NS(=O)(=O)c2ccc(C(=O)O)cc2)nnc1SCc1ccccc1Cl. The van der Waals surface area contributed by atoms with Crippen LogP contribution in [0.2, 0.25) is 5.02 Å². The summed E-state index contributed by atoms with van der Waals surface area (Å²) in [7, 11) is -3.95. The minimum atomic E-state index is -3.95. The number of aromatic nitrogens is 3. The highest BCUT2D eigenvalue weighted by atomic mass is 35.5. The van der Waals surface area contributed by atoms with E-state index in [-0.39, 0.29) is 16.4 Å². The van der Waals surface area contributed by atoms with E-state index >= 15 is 0 Å². The minimum absolute atomic E-state index is 0.000987. The second-order valence-corrected chi connectivity index (χ2v) is 8.90. The van der Waals surface area contributed by atoms with E-state index in [2.05, 4.69) is 14.9 Å². The number of carboxylic acids is 1. The number of aromatic carboxylic acids is 1. The van der Waals surface area contributed by atoms with Crippen LogP contribution in [0.1, 0.15) is 22.8 Å². The summed E-state index contributed by atoms with van der Waals surface area (Å²) < 4.78 is 29.3. The third-order valence-electron chi connectivity index (χ3n) is 3.98. The predicted molar refractivity (Wildman–Crippen MR) is 111 cm³/mol. The molecule has 8 nitrogen and oxygen atoms in total. The Labute approximate surface area is 177 Å². The van der Waals surface area contributed by atoms with E-state index in [0.29, 0.717) is 22.5 Å². The molecule has 0 unspecified atom stereocenters. The molecule has 11 heteroatoms. The van der Waals surface area contributed by atoms with Gasteiger partial charge in [-0.1, -0.05) is 41.6 Å². The lowest BCUT2D eigenvalue weighted by molar-refractivity contribution is 0.0696. The van der Waals surface area contributed by atoms with Gasteiger partial charge in [0.2, 0.25) is 5.95 Å². The van der Waals surface area contributed by atoms with Crippen molar-refractivity contribution in [2.45, 2.75) is 29.3 Å². The third-order valence-corrected chi connectivity index (χ3v) is 6.71. The number of nitrogens with one attached hydrogen (secondary N) is 1. The molecule has 2 N–H and O–H groups in total. The van der Waals surface area contributed by atoms with E-state index in [4.69, 9.17) is 16.7 Å². The second kappa shape index (κ2) is 8.85. The number of hydrogen-bond donors (Lipinski definition) is 2. The van der Waals surface area contributed by atoms with E-state index in [0.717, 1.165) is 5.56 Å². The highest BCUT2D eigenvalue weighted by Crippen LogP contribution is 2.27. The van der Waals surface area contributed by atoms with Gasteiger partial charge in [0, 0.05) is 17.3 Å². The first-order valence-corrected chi connectivity index (χ1v) is 11.3. The van der Waals surface area contributed by atoms with Gasteiger partial charge in [-0.2, -0.15) is 0 Å². The molecule has 0 bridgehead atoms. The predicted octanol–water partition coefficient (Wildman–Crippen LogP) is 3.74. The summed E-state index contributed by atoms with van der Waals surface area (Å²) in [6.45, 7) is 2.30. The van der Waals surface area contributed by atoms with Gasteiger partial charge < -0.3 is 5.11 Å². The topological polar surface area (TPSA) is 114 Å². The number of nitrogens with zero attached hydrogens (tertiary/aromatic N) is 3. The second-order valence-electron chi connectivity index (χ2n) is 5.87. The molecule has 0 radical (unpaired) electrons. The summed E-state index contributed by atoms with van der Waals surface area (Å²) in [6, 6.07) is 12.4. The lowest BCUT2D eigenvalue weighted by Crippen LogP contribution is -2.17. The summed E-state index contributed by atoms with van der Waals surface area (Å²) >= 11 is 7.56. The number of thioether (sulfide) groups is 1. The zero-order valence-corrected chi connectivity index (χ0v) is 17.6. The van der Waals surface area contributed by atoms with Crippen LogP contribution in [0, 0.1) is 0 Å². The maximum absolute atomic E-state index is 12.6. The molecule has 0 aliphatic heterocycles. The van der Waals surface area contributed by atoms with Crippen LogP contribution in [-0.4, -0.2) is 34.3 Å². The molecule has 0 atom stereocenters. The van der Waals surface area contributed by atoms with Crippen LogP contribution in [0.3, 0.4) is 0 Å². The molecule has 3 rings (SSSR count). The van der Waals surface area contributed by atoms with Crippen molar-refractivity contribution in [3.05, 3.63) is 64.7 Å². The largest absolute Gasteiger partial charge is 0.478 e. The first kappa shape index (κ1) is 21.2. The maximum Gasteiger partial charge on any atom is 0.335 e. The Bertz CT molecular complexity index is 1130. The van der Waals surface area contributed by atoms with Crippen LogP contribution in [0.25, 0.3) is 0 Å². The minimum Gasteiger partial charge on any atom is -0.478 e. The molecule has 29 heavy (non-hydrogen) atoms. The van der Waals surface area contributed by atoms with Crippen molar-refractivity contribution in [3.63, 3.8) is 0 Å². The quantitative estimate of drug-likeness (QED) is 0.500. The zero-order chi connectivity index (χ0) is 21.0. The van der Waals surface area contributed by atoms with Crippen LogP contribution in [0.5, 0.6) is 0 Å². The van der Waals surface area contributed by atoms with Crippen LogP contribution in [0.15, 0.2) is 58.6 Å². The molecule has 0 saturated heterocycles. The molecule has 1 aromatic heterocycles. The standard InChI is InChI=1S/C18H17ClN4O4S2/c1-2-23-17(20-21-18(23)28-11-13-5-3-4-6-15(13)19)22-29(26,27)14-9-7-12(8-10-14)16(24)25/h3-10H,2,11H2,1H3,(H,20,22)(H,24,25). The number of carboxylic acid groups (broad SMARTS) is 1. The Kier molecular flexibility index (Phi) is 6.46. The number of benzene rings is 2. The van der Waals surface area contributed by atoms with Crippen LogP contribution >= 0.6 is 23.4 Å². The Morgan fingerprint density at radius 3 is 2.48 bits per heavy atom. The Hall–Kier alpha value is -2.56. The van der Waals surface area contributed by atoms with Crippen molar-refractivity contribution >= 4 is 45.3 Å². The van der Waals surface area contributed by atoms with Crippen molar-refractivity contribution in [2.75, 3.05) is 4.72 Å². The fourth-order valence-electron chi connectivity index (χ4n) is 2.47. The number of carbonyl (C=O) groups is 1. The van der Waals surface area contributed by atoms with Crippen LogP contribution in [0.4, 0.5) is 5.95 Å². The van der Waals surface area contributed by atoms with Gasteiger partial charge in [0.05, 0.1) is 10.5 Å². The molecule has 1 heterocycles. The Balaban J connectivity index is 1.79. The summed E-state index contributed by atoms with van der Waals surface area (Å²) in [6.07, 6.45) is 0. The van der Waals surface area contributed by atoms with E-state index in [1.54, 1.807) is 10.6 Å². The van der Waals surface area contributed by atoms with Gasteiger partial charge in [-0.15, -0.1) is 10.2 Å². The number of anilines is 1. The van der Waals surface area contributed by atoms with E-state index in [9.17, 15) is 13.2 Å². The molecule has 0 saturated carbocycles. The molecule has 0 aliphatic carbocycles. The van der Waals surface area contributed by atoms with Crippen molar-refractivity contribution in [3.8, 4) is 0 Å². The number of hydrogen-bond acceptors (Lipinski definition) is 6.